The van der Waals surface area contributed by atoms with Crippen molar-refractivity contribution in [2.75, 3.05) is 0 Å². The number of aromatic nitrogens is 1. The predicted octanol–water partition coefficient (Wildman–Crippen LogP) is 4.08. The van der Waals surface area contributed by atoms with Crippen LogP contribution in [0.4, 0.5) is 11.0 Å². The highest BCUT2D eigenvalue weighted by Crippen LogP contribution is 2.28. The fourth-order valence-electron chi connectivity index (χ4n) is 1.62. The molecule has 0 saturated carbocycles. The van der Waals surface area contributed by atoms with Gasteiger partial charge >= 0.3 is 5.88 Å². The van der Waals surface area contributed by atoms with E-state index in [9.17, 15) is 10.1 Å². The minimum Gasteiger partial charge on any atom is -0.404 e. The van der Waals surface area contributed by atoms with E-state index in [2.05, 4.69) is 15.2 Å². The summed E-state index contributed by atoms with van der Waals surface area (Å²) < 4.78 is 6.01. The Morgan fingerprint density at radius 3 is 2.90 bits per heavy atom. The Kier molecular flexibility index (Phi) is 3.21. The van der Waals surface area contributed by atoms with Gasteiger partial charge in [0.15, 0.2) is 0 Å². The quantitative estimate of drug-likeness (QED) is 0.410. The zero-order valence-electron chi connectivity index (χ0n) is 10.1. The summed E-state index contributed by atoms with van der Waals surface area (Å²) in [5, 5.41) is 18.9. The largest absolute Gasteiger partial charge is 0.433 e. The lowest BCUT2D eigenvalue weighted by Gasteiger charge is -1.86. The molecule has 3 rings (SSSR count). The van der Waals surface area contributed by atoms with E-state index in [1.54, 1.807) is 0 Å². The van der Waals surface area contributed by atoms with Gasteiger partial charge in [-0.2, -0.15) is 5.11 Å². The van der Waals surface area contributed by atoms with Crippen LogP contribution in [0.2, 0.25) is 0 Å². The molecule has 0 unspecified atom stereocenters. The Bertz CT molecular complexity index is 760. The van der Waals surface area contributed by atoms with Crippen molar-refractivity contribution in [3.63, 3.8) is 0 Å². The second-order valence-electron chi connectivity index (χ2n) is 3.86. The van der Waals surface area contributed by atoms with Crippen molar-refractivity contribution in [3.05, 3.63) is 52.3 Å². The van der Waals surface area contributed by atoms with Gasteiger partial charge in [0.05, 0.1) is 16.3 Å². The molecule has 0 aliphatic rings. The molecule has 2 heterocycles. The van der Waals surface area contributed by atoms with E-state index in [0.717, 1.165) is 10.2 Å². The van der Waals surface area contributed by atoms with Crippen LogP contribution in [0.25, 0.3) is 10.2 Å². The van der Waals surface area contributed by atoms with Crippen molar-refractivity contribution in [3.8, 4) is 0 Å². The predicted molar refractivity (Wildman–Crippen MR) is 73.2 cm³/mol. The molecule has 100 valence electrons. The van der Waals surface area contributed by atoms with Gasteiger partial charge in [0.1, 0.15) is 17.2 Å². The van der Waals surface area contributed by atoms with Crippen LogP contribution < -0.4 is 0 Å². The van der Waals surface area contributed by atoms with Crippen molar-refractivity contribution < 1.29 is 9.34 Å². The molecule has 3 aromatic rings. The molecule has 0 N–H and O–H groups in total. The summed E-state index contributed by atoms with van der Waals surface area (Å²) in [6.07, 6.45) is 0. The van der Waals surface area contributed by atoms with Gasteiger partial charge in [-0.05, 0) is 18.2 Å². The summed E-state index contributed by atoms with van der Waals surface area (Å²) in [6.45, 7) is 0.143. The van der Waals surface area contributed by atoms with E-state index in [1.165, 1.54) is 23.5 Å². The molecule has 0 atom stereocenters. The molecule has 0 aliphatic carbocycles. The number of para-hydroxylation sites is 1. The molecule has 0 spiro atoms. The molecule has 20 heavy (non-hydrogen) atoms. The van der Waals surface area contributed by atoms with Crippen molar-refractivity contribution in [2.24, 2.45) is 10.2 Å². The van der Waals surface area contributed by atoms with E-state index in [0.29, 0.717) is 10.9 Å². The molecule has 8 heteroatoms. The van der Waals surface area contributed by atoms with Gasteiger partial charge in [-0.3, -0.25) is 10.1 Å². The highest BCUT2D eigenvalue weighted by atomic mass is 32.1. The van der Waals surface area contributed by atoms with E-state index in [1.807, 2.05) is 24.3 Å². The number of furan rings is 1. The molecule has 7 nitrogen and oxygen atoms in total. The molecule has 0 bridgehead atoms. The fraction of sp³-hybridized carbons (Fsp3) is 0.0833. The van der Waals surface area contributed by atoms with Gasteiger partial charge in [-0.15, -0.1) is 5.11 Å². The first-order valence-corrected chi connectivity index (χ1v) is 6.50. The average molecular weight is 288 g/mol. The number of hydrogen-bond donors (Lipinski definition) is 0. The van der Waals surface area contributed by atoms with Crippen LogP contribution in [0.3, 0.4) is 0 Å². The molecule has 1 aromatic carbocycles. The summed E-state index contributed by atoms with van der Waals surface area (Å²) >= 11 is 1.43. The second-order valence-corrected chi connectivity index (χ2v) is 4.87. The molecular weight excluding hydrogens is 280 g/mol. The Morgan fingerprint density at radius 1 is 1.30 bits per heavy atom. The molecular formula is C12H8N4O3S. The van der Waals surface area contributed by atoms with Crippen LogP contribution in [-0.2, 0) is 6.54 Å². The lowest BCUT2D eigenvalue weighted by Crippen LogP contribution is -1.83. The summed E-state index contributed by atoms with van der Waals surface area (Å²) in [5.41, 5.74) is 0.875. The first-order chi connectivity index (χ1) is 9.72. The number of nitrogens with zero attached hydrogens (tertiary/aromatic N) is 4. The average Bonchev–Trinajstić information content (AvgIpc) is 3.04. The van der Waals surface area contributed by atoms with E-state index in [-0.39, 0.29) is 12.4 Å². The Morgan fingerprint density at radius 2 is 2.15 bits per heavy atom. The van der Waals surface area contributed by atoms with Crippen molar-refractivity contribution in [1.29, 1.82) is 0 Å². The molecule has 0 saturated heterocycles. The van der Waals surface area contributed by atoms with E-state index in [4.69, 9.17) is 4.42 Å². The fourth-order valence-corrected chi connectivity index (χ4v) is 2.42. The van der Waals surface area contributed by atoms with Crippen LogP contribution in [0.15, 0.2) is 51.0 Å². The van der Waals surface area contributed by atoms with Gasteiger partial charge in [0.2, 0.25) is 5.13 Å². The van der Waals surface area contributed by atoms with Crippen LogP contribution in [0.1, 0.15) is 5.76 Å². The lowest BCUT2D eigenvalue weighted by atomic mass is 10.3. The maximum Gasteiger partial charge on any atom is 0.433 e. The van der Waals surface area contributed by atoms with Crippen LogP contribution >= 0.6 is 11.3 Å². The van der Waals surface area contributed by atoms with Gasteiger partial charge in [-0.25, -0.2) is 4.98 Å². The number of fused-ring (bicyclic) bond motifs is 1. The molecule has 0 amide bonds. The van der Waals surface area contributed by atoms with Crippen LogP contribution in [0, 0.1) is 10.1 Å². The van der Waals surface area contributed by atoms with Gasteiger partial charge in [0, 0.05) is 0 Å². The number of hydrogen-bond acceptors (Lipinski definition) is 7. The first-order valence-electron chi connectivity index (χ1n) is 5.68. The second kappa shape index (κ2) is 5.17. The highest BCUT2D eigenvalue weighted by Gasteiger charge is 2.11. The Labute approximate surface area is 116 Å². The number of rotatable bonds is 4. The molecule has 2 aromatic heterocycles. The minimum absolute atomic E-state index is 0.143. The highest BCUT2D eigenvalue weighted by molar-refractivity contribution is 7.21. The maximum atomic E-state index is 10.5. The van der Waals surface area contributed by atoms with Gasteiger partial charge in [0.25, 0.3) is 0 Å². The smallest absolute Gasteiger partial charge is 0.404 e. The van der Waals surface area contributed by atoms with Gasteiger partial charge < -0.3 is 4.42 Å². The number of nitro groups is 1. The van der Waals surface area contributed by atoms with Crippen molar-refractivity contribution in [1.82, 2.24) is 4.98 Å². The van der Waals surface area contributed by atoms with Gasteiger partial charge in [-0.1, -0.05) is 23.5 Å². The third-order valence-corrected chi connectivity index (χ3v) is 3.41. The monoisotopic (exact) mass is 288 g/mol. The number of azo groups is 1. The molecule has 0 radical (unpaired) electrons. The summed E-state index contributed by atoms with van der Waals surface area (Å²) in [4.78, 5) is 14.2. The van der Waals surface area contributed by atoms with Crippen LogP contribution in [-0.4, -0.2) is 9.91 Å². The molecule has 0 aliphatic heterocycles. The minimum atomic E-state index is -0.589. The lowest BCUT2D eigenvalue weighted by molar-refractivity contribution is -0.402. The zero-order chi connectivity index (χ0) is 13.9. The van der Waals surface area contributed by atoms with E-state index < -0.39 is 4.92 Å². The Hall–Kier alpha value is -2.61. The number of thiazole rings is 1. The third-order valence-electron chi connectivity index (χ3n) is 2.49. The zero-order valence-corrected chi connectivity index (χ0v) is 10.9. The topological polar surface area (TPSA) is 93.9 Å². The summed E-state index contributed by atoms with van der Waals surface area (Å²) in [7, 11) is 0. The van der Waals surface area contributed by atoms with Crippen LogP contribution in [0.5, 0.6) is 0 Å². The summed E-state index contributed by atoms with van der Waals surface area (Å²) in [5.74, 6) is 0.0942. The SMILES string of the molecule is O=[N+]([O-])c1ccc(CN=Nc2nc3ccccc3s2)o1. The standard InChI is InChI=1S/C12H8N4O3S/c17-16(18)11-6-5-8(19-11)7-13-15-12-14-9-3-1-2-4-10(9)20-12/h1-6H,7H2. The summed E-state index contributed by atoms with van der Waals surface area (Å²) in [6, 6.07) is 10.5. The normalized spacial score (nSPS) is 11.4. The van der Waals surface area contributed by atoms with Crippen molar-refractivity contribution in [2.45, 2.75) is 6.54 Å². The third kappa shape index (κ3) is 2.54. The Balaban J connectivity index is 1.71. The first kappa shape index (κ1) is 12.4. The number of benzene rings is 1. The van der Waals surface area contributed by atoms with Crippen molar-refractivity contribution >= 4 is 32.6 Å². The molecule has 0 fully saturated rings. The van der Waals surface area contributed by atoms with E-state index >= 15 is 0 Å². The maximum absolute atomic E-state index is 10.5.